The number of rotatable bonds is 6. The smallest absolute Gasteiger partial charge is 0.260 e. The maximum Gasteiger partial charge on any atom is 0.260 e. The number of nitrogens with one attached hydrogen (secondary N) is 2. The molecule has 0 radical (unpaired) electrons. The fourth-order valence-corrected chi connectivity index (χ4v) is 2.19. The van der Waals surface area contributed by atoms with Gasteiger partial charge in [-0.1, -0.05) is 31.5 Å². The van der Waals surface area contributed by atoms with Gasteiger partial charge in [0.2, 0.25) is 0 Å². The fraction of sp³-hybridized carbons (Fsp3) is 0.222. The van der Waals surface area contributed by atoms with Crippen molar-refractivity contribution in [2.75, 3.05) is 11.9 Å². The van der Waals surface area contributed by atoms with Crippen molar-refractivity contribution >= 4 is 28.9 Å². The molecule has 0 heterocycles. The molecule has 2 rings (SSSR count). The molecule has 0 unspecified atom stereocenters. The Morgan fingerprint density at radius 2 is 2.00 bits per heavy atom. The Labute approximate surface area is 146 Å². The zero-order valence-corrected chi connectivity index (χ0v) is 14.2. The Kier molecular flexibility index (Phi) is 6.69. The van der Waals surface area contributed by atoms with E-state index in [1.165, 1.54) is 18.2 Å². The van der Waals surface area contributed by atoms with E-state index in [0.717, 1.165) is 18.6 Å². The van der Waals surface area contributed by atoms with Crippen LogP contribution < -0.4 is 15.4 Å². The van der Waals surface area contributed by atoms with Crippen molar-refractivity contribution in [1.82, 2.24) is 5.32 Å². The Morgan fingerprint density at radius 1 is 1.21 bits per heavy atom. The van der Waals surface area contributed by atoms with Crippen LogP contribution in [-0.4, -0.2) is 17.6 Å². The third-order valence-corrected chi connectivity index (χ3v) is 3.41. The number of halogens is 1. The van der Waals surface area contributed by atoms with Crippen LogP contribution in [0.15, 0.2) is 48.5 Å². The number of hydrogen-bond donors (Lipinski definition) is 2. The Hall–Kier alpha value is -2.47. The van der Waals surface area contributed by atoms with Gasteiger partial charge >= 0.3 is 0 Å². The number of carbonyl (C=O) groups excluding carboxylic acids is 1. The molecule has 0 spiro atoms. The summed E-state index contributed by atoms with van der Waals surface area (Å²) in [5.74, 6) is -0.471. The number of anilines is 1. The second kappa shape index (κ2) is 8.98. The first kappa shape index (κ1) is 17.9. The second-order valence-electron chi connectivity index (χ2n) is 5.12. The lowest BCUT2D eigenvalue weighted by atomic mass is 10.2. The first-order valence-corrected chi connectivity index (χ1v) is 8.10. The fourth-order valence-electron chi connectivity index (χ4n) is 1.98. The highest BCUT2D eigenvalue weighted by atomic mass is 32.1. The summed E-state index contributed by atoms with van der Waals surface area (Å²) in [4.78, 5) is 12.0. The molecule has 2 N–H and O–H groups in total. The van der Waals surface area contributed by atoms with Gasteiger partial charge in [0.1, 0.15) is 11.6 Å². The molecule has 4 nitrogen and oxygen atoms in total. The Balaban J connectivity index is 1.93. The molecule has 0 aliphatic heterocycles. The number of benzene rings is 2. The predicted octanol–water partition coefficient (Wildman–Crippen LogP) is 4.13. The highest BCUT2D eigenvalue weighted by Gasteiger charge is 2.12. The van der Waals surface area contributed by atoms with Crippen LogP contribution in [0.1, 0.15) is 30.1 Å². The summed E-state index contributed by atoms with van der Waals surface area (Å²) in [6.07, 6.45) is 2.04. The monoisotopic (exact) mass is 346 g/mol. The average molecular weight is 346 g/mol. The lowest BCUT2D eigenvalue weighted by Crippen LogP contribution is -2.34. The van der Waals surface area contributed by atoms with Crippen molar-refractivity contribution < 1.29 is 13.9 Å². The minimum atomic E-state index is -0.596. The van der Waals surface area contributed by atoms with Crippen molar-refractivity contribution in [2.45, 2.75) is 19.8 Å². The van der Waals surface area contributed by atoms with Crippen LogP contribution >= 0.6 is 12.2 Å². The molecule has 6 heteroatoms. The minimum absolute atomic E-state index is 0.0571. The molecule has 0 aliphatic carbocycles. The van der Waals surface area contributed by atoms with Crippen LogP contribution in [0.3, 0.4) is 0 Å². The van der Waals surface area contributed by atoms with Gasteiger partial charge in [-0.05, 0) is 42.9 Å². The van der Waals surface area contributed by atoms with E-state index in [2.05, 4.69) is 17.6 Å². The van der Waals surface area contributed by atoms with E-state index in [9.17, 15) is 9.18 Å². The van der Waals surface area contributed by atoms with Crippen LogP contribution in [0.25, 0.3) is 0 Å². The van der Waals surface area contributed by atoms with Crippen molar-refractivity contribution in [3.63, 3.8) is 0 Å². The van der Waals surface area contributed by atoms with Gasteiger partial charge in [0, 0.05) is 11.8 Å². The molecule has 126 valence electrons. The SMILES string of the molecule is CCCCOc1cccc(NC(=S)NC(=O)c2ccccc2F)c1. The van der Waals surface area contributed by atoms with Gasteiger partial charge in [-0.2, -0.15) is 0 Å². The van der Waals surface area contributed by atoms with Gasteiger partial charge in [0.25, 0.3) is 5.91 Å². The van der Waals surface area contributed by atoms with E-state index in [1.807, 2.05) is 12.1 Å². The van der Waals surface area contributed by atoms with E-state index in [0.29, 0.717) is 12.3 Å². The van der Waals surface area contributed by atoms with Crippen molar-refractivity contribution in [2.24, 2.45) is 0 Å². The first-order chi connectivity index (χ1) is 11.6. The Bertz CT molecular complexity index is 722. The quantitative estimate of drug-likeness (QED) is 0.610. The lowest BCUT2D eigenvalue weighted by molar-refractivity contribution is 0.0974. The molecule has 0 saturated carbocycles. The number of unbranched alkanes of at least 4 members (excludes halogenated alkanes) is 1. The van der Waals surface area contributed by atoms with Crippen LogP contribution in [-0.2, 0) is 0 Å². The minimum Gasteiger partial charge on any atom is -0.494 e. The number of ether oxygens (including phenoxy) is 1. The summed E-state index contributed by atoms with van der Waals surface area (Å²) in [7, 11) is 0. The summed E-state index contributed by atoms with van der Waals surface area (Å²) < 4.78 is 19.2. The second-order valence-corrected chi connectivity index (χ2v) is 5.53. The standard InChI is InChI=1S/C18H19FN2O2S/c1-2-3-11-23-14-8-6-7-13(12-14)20-18(24)21-17(22)15-9-4-5-10-16(15)19/h4-10,12H,2-3,11H2,1H3,(H2,20,21,22,24). The average Bonchev–Trinajstić information content (AvgIpc) is 2.55. The zero-order valence-electron chi connectivity index (χ0n) is 13.3. The molecular formula is C18H19FN2O2S. The third-order valence-electron chi connectivity index (χ3n) is 3.20. The van der Waals surface area contributed by atoms with E-state index in [1.54, 1.807) is 18.2 Å². The number of amides is 1. The molecule has 0 aromatic heterocycles. The lowest BCUT2D eigenvalue weighted by Gasteiger charge is -2.11. The number of hydrogen-bond acceptors (Lipinski definition) is 3. The van der Waals surface area contributed by atoms with E-state index in [4.69, 9.17) is 17.0 Å². The highest BCUT2D eigenvalue weighted by Crippen LogP contribution is 2.17. The molecule has 2 aromatic carbocycles. The summed E-state index contributed by atoms with van der Waals surface area (Å²) in [6, 6.07) is 13.0. The number of thiocarbonyl (C=S) groups is 1. The molecular weight excluding hydrogens is 327 g/mol. The van der Waals surface area contributed by atoms with E-state index < -0.39 is 11.7 Å². The molecule has 0 atom stereocenters. The van der Waals surface area contributed by atoms with Crippen molar-refractivity contribution in [3.8, 4) is 5.75 Å². The zero-order chi connectivity index (χ0) is 17.4. The molecule has 0 saturated heterocycles. The topological polar surface area (TPSA) is 50.4 Å². The first-order valence-electron chi connectivity index (χ1n) is 7.70. The van der Waals surface area contributed by atoms with Gasteiger partial charge in [-0.15, -0.1) is 0 Å². The Morgan fingerprint density at radius 3 is 2.75 bits per heavy atom. The van der Waals surface area contributed by atoms with Crippen LogP contribution in [0.4, 0.5) is 10.1 Å². The van der Waals surface area contributed by atoms with Crippen LogP contribution in [0.5, 0.6) is 5.75 Å². The summed E-state index contributed by atoms with van der Waals surface area (Å²) in [6.45, 7) is 2.74. The normalized spacial score (nSPS) is 10.1. The third kappa shape index (κ3) is 5.31. The van der Waals surface area contributed by atoms with Gasteiger partial charge in [-0.25, -0.2) is 4.39 Å². The van der Waals surface area contributed by atoms with Crippen molar-refractivity contribution in [1.29, 1.82) is 0 Å². The van der Waals surface area contributed by atoms with Gasteiger partial charge in [-0.3, -0.25) is 10.1 Å². The summed E-state index contributed by atoms with van der Waals surface area (Å²) >= 11 is 5.10. The molecule has 24 heavy (non-hydrogen) atoms. The van der Waals surface area contributed by atoms with Gasteiger partial charge in [0.05, 0.1) is 12.2 Å². The molecule has 2 aromatic rings. The van der Waals surface area contributed by atoms with Gasteiger partial charge in [0.15, 0.2) is 5.11 Å². The molecule has 0 fully saturated rings. The van der Waals surface area contributed by atoms with Crippen LogP contribution in [0, 0.1) is 5.82 Å². The maximum atomic E-state index is 13.6. The number of carbonyl (C=O) groups is 1. The predicted molar refractivity (Wildman–Crippen MR) is 96.9 cm³/mol. The largest absolute Gasteiger partial charge is 0.494 e. The summed E-state index contributed by atoms with van der Waals surface area (Å²) in [5.41, 5.74) is 0.626. The summed E-state index contributed by atoms with van der Waals surface area (Å²) in [5, 5.41) is 5.44. The van der Waals surface area contributed by atoms with Crippen molar-refractivity contribution in [3.05, 3.63) is 59.9 Å². The van der Waals surface area contributed by atoms with E-state index >= 15 is 0 Å². The molecule has 0 bridgehead atoms. The van der Waals surface area contributed by atoms with Gasteiger partial charge < -0.3 is 10.1 Å². The molecule has 1 amide bonds. The highest BCUT2D eigenvalue weighted by molar-refractivity contribution is 7.80. The van der Waals surface area contributed by atoms with Crippen LogP contribution in [0.2, 0.25) is 0 Å². The maximum absolute atomic E-state index is 13.6. The van der Waals surface area contributed by atoms with E-state index in [-0.39, 0.29) is 10.7 Å². The molecule has 0 aliphatic rings.